The van der Waals surface area contributed by atoms with E-state index < -0.39 is 0 Å². The average molecular weight is 320 g/mol. The van der Waals surface area contributed by atoms with E-state index in [1.807, 2.05) is 17.9 Å². The number of ether oxygens (including phenoxy) is 2. The zero-order valence-corrected chi connectivity index (χ0v) is 13.0. The topological polar surface area (TPSA) is 48.3 Å². The summed E-state index contributed by atoms with van der Waals surface area (Å²) in [6.45, 7) is 3.46. The Kier molecular flexibility index (Phi) is 6.85. The third-order valence-corrected chi connectivity index (χ3v) is 3.60. The largest absolute Gasteiger partial charge is 0.383 e. The highest BCUT2D eigenvalue weighted by Crippen LogP contribution is 2.26. The molecule has 1 aromatic rings. The molecule has 1 N–H and O–H groups in total. The molecular weight excluding hydrogens is 298 g/mol. The Morgan fingerprint density at radius 1 is 1.50 bits per heavy atom. The Morgan fingerprint density at radius 2 is 2.22 bits per heavy atom. The number of methoxy groups -OCH3 is 2. The summed E-state index contributed by atoms with van der Waals surface area (Å²) in [5, 5.41) is 7.68. The van der Waals surface area contributed by atoms with Crippen LogP contribution in [-0.2, 0) is 16.0 Å². The van der Waals surface area contributed by atoms with E-state index in [0.717, 1.165) is 23.1 Å². The van der Waals surface area contributed by atoms with E-state index in [0.29, 0.717) is 6.61 Å². The summed E-state index contributed by atoms with van der Waals surface area (Å²) >= 11 is 3.56. The van der Waals surface area contributed by atoms with E-state index >= 15 is 0 Å². The highest BCUT2D eigenvalue weighted by Gasteiger charge is 2.20. The van der Waals surface area contributed by atoms with Crippen molar-refractivity contribution < 1.29 is 9.47 Å². The van der Waals surface area contributed by atoms with Crippen molar-refractivity contribution in [1.29, 1.82) is 0 Å². The molecular formula is C12H22BrN3O2. The highest BCUT2D eigenvalue weighted by molar-refractivity contribution is 9.10. The molecule has 104 valence electrons. The number of hydrogen-bond acceptors (Lipinski definition) is 4. The predicted octanol–water partition coefficient (Wildman–Crippen LogP) is 1.98. The van der Waals surface area contributed by atoms with Gasteiger partial charge in [-0.2, -0.15) is 5.10 Å². The Hall–Kier alpha value is -0.430. The molecule has 6 heteroatoms. The van der Waals surface area contributed by atoms with Gasteiger partial charge in [0.25, 0.3) is 0 Å². The lowest BCUT2D eigenvalue weighted by Crippen LogP contribution is -2.25. The quantitative estimate of drug-likeness (QED) is 0.796. The lowest BCUT2D eigenvalue weighted by Gasteiger charge is -2.21. The molecule has 0 bridgehead atoms. The Morgan fingerprint density at radius 3 is 2.78 bits per heavy atom. The van der Waals surface area contributed by atoms with Crippen LogP contribution in [-0.4, -0.2) is 43.8 Å². The molecule has 0 spiro atoms. The minimum absolute atomic E-state index is 0.195. The van der Waals surface area contributed by atoms with Crippen LogP contribution < -0.4 is 5.32 Å². The monoisotopic (exact) mass is 319 g/mol. The second-order valence-electron chi connectivity index (χ2n) is 4.22. The second-order valence-corrected chi connectivity index (χ2v) is 5.07. The summed E-state index contributed by atoms with van der Waals surface area (Å²) in [6, 6.07) is 0.202. The summed E-state index contributed by atoms with van der Waals surface area (Å²) < 4.78 is 13.4. The van der Waals surface area contributed by atoms with E-state index in [-0.39, 0.29) is 12.1 Å². The molecule has 0 saturated heterocycles. The third kappa shape index (κ3) is 4.05. The first-order valence-electron chi connectivity index (χ1n) is 6.04. The van der Waals surface area contributed by atoms with Crippen LogP contribution in [0, 0.1) is 0 Å². The molecule has 0 aliphatic heterocycles. The molecule has 1 rings (SSSR count). The molecule has 0 amide bonds. The van der Waals surface area contributed by atoms with Gasteiger partial charge in [-0.3, -0.25) is 4.68 Å². The van der Waals surface area contributed by atoms with Gasteiger partial charge < -0.3 is 14.8 Å². The van der Waals surface area contributed by atoms with Gasteiger partial charge in [-0.1, -0.05) is 0 Å². The maximum absolute atomic E-state index is 5.33. The van der Waals surface area contributed by atoms with Crippen LogP contribution in [0.3, 0.4) is 0 Å². The molecule has 0 radical (unpaired) electrons. The van der Waals surface area contributed by atoms with Gasteiger partial charge in [0.05, 0.1) is 41.7 Å². The van der Waals surface area contributed by atoms with Crippen LogP contribution in [0.25, 0.3) is 0 Å². The van der Waals surface area contributed by atoms with Gasteiger partial charge >= 0.3 is 0 Å². The Labute approximate surface area is 117 Å². The van der Waals surface area contributed by atoms with E-state index in [1.54, 1.807) is 14.2 Å². The van der Waals surface area contributed by atoms with Crippen molar-refractivity contribution >= 4 is 15.9 Å². The number of nitrogens with one attached hydrogen (secondary N) is 1. The fourth-order valence-corrected chi connectivity index (χ4v) is 2.44. The van der Waals surface area contributed by atoms with E-state index in [2.05, 4.69) is 33.3 Å². The van der Waals surface area contributed by atoms with Crippen molar-refractivity contribution in [2.24, 2.45) is 0 Å². The molecule has 0 saturated carbocycles. The van der Waals surface area contributed by atoms with E-state index in [9.17, 15) is 0 Å². The summed E-state index contributed by atoms with van der Waals surface area (Å²) in [4.78, 5) is 0. The fourth-order valence-electron chi connectivity index (χ4n) is 1.87. The van der Waals surface area contributed by atoms with Crippen LogP contribution in [0.1, 0.15) is 25.1 Å². The summed E-state index contributed by atoms with van der Waals surface area (Å²) in [5.74, 6) is 0. The number of hydrogen-bond donors (Lipinski definition) is 1. The van der Waals surface area contributed by atoms with Crippen LogP contribution >= 0.6 is 15.9 Å². The maximum atomic E-state index is 5.33. The molecule has 0 aliphatic carbocycles. The number of rotatable bonds is 8. The van der Waals surface area contributed by atoms with Gasteiger partial charge in [-0.05, 0) is 36.3 Å². The Bertz CT molecular complexity index is 357. The third-order valence-electron chi connectivity index (χ3n) is 2.99. The van der Waals surface area contributed by atoms with Crippen molar-refractivity contribution in [2.45, 2.75) is 32.0 Å². The van der Waals surface area contributed by atoms with Crippen molar-refractivity contribution in [2.75, 3.05) is 27.9 Å². The lowest BCUT2D eigenvalue weighted by atomic mass is 10.1. The molecule has 5 nitrogen and oxygen atoms in total. The summed E-state index contributed by atoms with van der Waals surface area (Å²) in [5.41, 5.74) is 1.14. The SMILES string of the molecule is CNC(CC(C)OC)c1c(Br)cnn1CCOC. The number of nitrogens with zero attached hydrogens (tertiary/aromatic N) is 2. The Balaban J connectivity index is 2.86. The first kappa shape index (κ1) is 15.6. The van der Waals surface area contributed by atoms with Crippen LogP contribution in [0.4, 0.5) is 0 Å². The number of halogens is 1. The second kappa shape index (κ2) is 7.89. The standard InChI is InChI=1S/C12H22BrN3O2/c1-9(18-4)7-11(14-2)12-10(13)8-15-16(12)5-6-17-3/h8-9,11,14H,5-7H2,1-4H3. The first-order chi connectivity index (χ1) is 8.63. The van der Waals surface area contributed by atoms with Crippen molar-refractivity contribution in [3.05, 3.63) is 16.4 Å². The van der Waals surface area contributed by atoms with Crippen molar-refractivity contribution in [3.8, 4) is 0 Å². The van der Waals surface area contributed by atoms with Crippen molar-refractivity contribution in [3.63, 3.8) is 0 Å². The number of aromatic nitrogens is 2. The molecule has 1 heterocycles. The molecule has 0 aliphatic rings. The minimum atomic E-state index is 0.195. The fraction of sp³-hybridized carbons (Fsp3) is 0.750. The molecule has 1 aromatic heterocycles. The van der Waals surface area contributed by atoms with E-state index in [4.69, 9.17) is 9.47 Å². The van der Waals surface area contributed by atoms with Crippen molar-refractivity contribution in [1.82, 2.24) is 15.1 Å². The van der Waals surface area contributed by atoms with Gasteiger partial charge in [-0.15, -0.1) is 0 Å². The predicted molar refractivity (Wildman–Crippen MR) is 74.7 cm³/mol. The van der Waals surface area contributed by atoms with Gasteiger partial charge in [0, 0.05) is 14.2 Å². The molecule has 0 fully saturated rings. The normalized spacial score (nSPS) is 14.7. The average Bonchev–Trinajstić information content (AvgIpc) is 2.74. The molecule has 0 aromatic carbocycles. The van der Waals surface area contributed by atoms with Gasteiger partial charge in [-0.25, -0.2) is 0 Å². The van der Waals surface area contributed by atoms with Crippen LogP contribution in [0.15, 0.2) is 10.7 Å². The van der Waals surface area contributed by atoms with Crippen LogP contribution in [0.2, 0.25) is 0 Å². The van der Waals surface area contributed by atoms with Gasteiger partial charge in [0.2, 0.25) is 0 Å². The van der Waals surface area contributed by atoms with Gasteiger partial charge in [0.15, 0.2) is 0 Å². The molecule has 2 atom stereocenters. The molecule has 18 heavy (non-hydrogen) atoms. The van der Waals surface area contributed by atoms with Crippen LogP contribution in [0.5, 0.6) is 0 Å². The minimum Gasteiger partial charge on any atom is -0.383 e. The zero-order chi connectivity index (χ0) is 13.5. The summed E-state index contributed by atoms with van der Waals surface area (Å²) in [6.07, 6.45) is 2.91. The molecule has 2 unspecified atom stereocenters. The first-order valence-corrected chi connectivity index (χ1v) is 6.83. The lowest BCUT2D eigenvalue weighted by molar-refractivity contribution is 0.0997. The smallest absolute Gasteiger partial charge is 0.0697 e. The highest BCUT2D eigenvalue weighted by atomic mass is 79.9. The maximum Gasteiger partial charge on any atom is 0.0697 e. The summed E-state index contributed by atoms with van der Waals surface area (Å²) in [7, 11) is 5.38. The van der Waals surface area contributed by atoms with E-state index in [1.165, 1.54) is 0 Å². The van der Waals surface area contributed by atoms with Gasteiger partial charge in [0.1, 0.15) is 0 Å². The zero-order valence-electron chi connectivity index (χ0n) is 11.4.